The number of benzene rings is 2. The number of rotatable bonds is 4. The summed E-state index contributed by atoms with van der Waals surface area (Å²) in [6, 6.07) is 18.4. The zero-order valence-corrected chi connectivity index (χ0v) is 10.8. The second-order valence-electron chi connectivity index (χ2n) is 4.57. The lowest BCUT2D eigenvalue weighted by Crippen LogP contribution is -1.93. The van der Waals surface area contributed by atoms with Crippen molar-refractivity contribution in [3.05, 3.63) is 71.8 Å². The fourth-order valence-corrected chi connectivity index (χ4v) is 2.03. The van der Waals surface area contributed by atoms with E-state index in [1.165, 1.54) is 17.2 Å². The standard InChI is InChI=1S/C17H16O2/c1-13(12-17(18)19)11-14-7-9-16(10-8-14)15-5-3-2-4-6-15/h2-10,12H,11H2,1H3,(H,18,19)/b13-12+. The maximum absolute atomic E-state index is 10.6. The second-order valence-corrected chi connectivity index (χ2v) is 4.57. The molecule has 0 atom stereocenters. The Balaban J connectivity index is 2.13. The molecule has 1 N–H and O–H groups in total. The molecule has 96 valence electrons. The molecule has 0 bridgehead atoms. The molecule has 0 aliphatic rings. The van der Waals surface area contributed by atoms with Gasteiger partial charge in [-0.25, -0.2) is 4.79 Å². The third kappa shape index (κ3) is 3.81. The number of carboxylic acid groups (broad SMARTS) is 1. The van der Waals surface area contributed by atoms with Crippen LogP contribution in [0.1, 0.15) is 12.5 Å². The Hall–Kier alpha value is -2.35. The lowest BCUT2D eigenvalue weighted by molar-refractivity contribution is -0.131. The van der Waals surface area contributed by atoms with Crippen molar-refractivity contribution in [2.24, 2.45) is 0 Å². The van der Waals surface area contributed by atoms with Gasteiger partial charge in [-0.05, 0) is 30.0 Å². The number of aliphatic carboxylic acids is 1. The van der Waals surface area contributed by atoms with Gasteiger partial charge in [0, 0.05) is 6.08 Å². The van der Waals surface area contributed by atoms with E-state index in [1.54, 1.807) is 0 Å². The van der Waals surface area contributed by atoms with Gasteiger partial charge in [0.05, 0.1) is 0 Å². The number of allylic oxidation sites excluding steroid dienone is 1. The summed E-state index contributed by atoms with van der Waals surface area (Å²) < 4.78 is 0. The molecule has 0 radical (unpaired) electrons. The predicted molar refractivity (Wildman–Crippen MR) is 77.0 cm³/mol. The quantitative estimate of drug-likeness (QED) is 0.837. The van der Waals surface area contributed by atoms with Crippen molar-refractivity contribution in [1.82, 2.24) is 0 Å². The summed E-state index contributed by atoms with van der Waals surface area (Å²) >= 11 is 0. The lowest BCUT2D eigenvalue weighted by atomic mass is 10.0. The van der Waals surface area contributed by atoms with Gasteiger partial charge in [-0.2, -0.15) is 0 Å². The first kappa shape index (κ1) is 13.1. The van der Waals surface area contributed by atoms with E-state index >= 15 is 0 Å². The third-order valence-corrected chi connectivity index (χ3v) is 2.91. The van der Waals surface area contributed by atoms with Crippen LogP contribution in [0.5, 0.6) is 0 Å². The summed E-state index contributed by atoms with van der Waals surface area (Å²) in [6.45, 7) is 1.83. The monoisotopic (exact) mass is 252 g/mol. The van der Waals surface area contributed by atoms with Crippen LogP contribution in [0.3, 0.4) is 0 Å². The van der Waals surface area contributed by atoms with Crippen LogP contribution in [-0.4, -0.2) is 11.1 Å². The van der Waals surface area contributed by atoms with Crippen LogP contribution in [0.25, 0.3) is 11.1 Å². The average Bonchev–Trinajstić information content (AvgIpc) is 2.39. The molecule has 0 aliphatic carbocycles. The average molecular weight is 252 g/mol. The van der Waals surface area contributed by atoms with E-state index in [0.29, 0.717) is 6.42 Å². The van der Waals surface area contributed by atoms with E-state index in [-0.39, 0.29) is 0 Å². The molecule has 0 saturated heterocycles. The predicted octanol–water partition coefficient (Wildman–Crippen LogP) is 3.93. The molecule has 0 aromatic heterocycles. The smallest absolute Gasteiger partial charge is 0.328 e. The Morgan fingerprint density at radius 3 is 2.16 bits per heavy atom. The van der Waals surface area contributed by atoms with Crippen molar-refractivity contribution in [3.63, 3.8) is 0 Å². The zero-order valence-electron chi connectivity index (χ0n) is 10.8. The minimum Gasteiger partial charge on any atom is -0.478 e. The minimum atomic E-state index is -0.890. The largest absolute Gasteiger partial charge is 0.478 e. The maximum Gasteiger partial charge on any atom is 0.328 e. The Labute approximate surface area is 113 Å². The molecule has 2 nitrogen and oxygen atoms in total. The molecule has 2 heteroatoms. The normalized spacial score (nSPS) is 11.3. The van der Waals surface area contributed by atoms with Gasteiger partial charge in [-0.15, -0.1) is 0 Å². The highest BCUT2D eigenvalue weighted by atomic mass is 16.4. The highest BCUT2D eigenvalue weighted by molar-refractivity contribution is 5.80. The molecule has 0 amide bonds. The zero-order chi connectivity index (χ0) is 13.7. The van der Waals surface area contributed by atoms with Crippen LogP contribution in [0.4, 0.5) is 0 Å². The van der Waals surface area contributed by atoms with Gasteiger partial charge >= 0.3 is 5.97 Å². The van der Waals surface area contributed by atoms with Crippen LogP contribution in [-0.2, 0) is 11.2 Å². The molecule has 2 aromatic rings. The van der Waals surface area contributed by atoms with E-state index in [1.807, 2.05) is 37.3 Å². The van der Waals surface area contributed by atoms with Gasteiger partial charge < -0.3 is 5.11 Å². The Kier molecular flexibility index (Phi) is 4.14. The summed E-state index contributed by atoms with van der Waals surface area (Å²) in [5, 5.41) is 8.68. The molecule has 0 unspecified atom stereocenters. The first-order valence-electron chi connectivity index (χ1n) is 6.19. The summed E-state index contributed by atoms with van der Waals surface area (Å²) in [5.41, 5.74) is 4.32. The van der Waals surface area contributed by atoms with E-state index < -0.39 is 5.97 Å². The van der Waals surface area contributed by atoms with Crippen LogP contribution < -0.4 is 0 Å². The summed E-state index contributed by atoms with van der Waals surface area (Å²) in [7, 11) is 0. The topological polar surface area (TPSA) is 37.3 Å². The molecule has 0 aliphatic heterocycles. The third-order valence-electron chi connectivity index (χ3n) is 2.91. The van der Waals surface area contributed by atoms with Crippen LogP contribution >= 0.6 is 0 Å². The minimum absolute atomic E-state index is 0.668. The van der Waals surface area contributed by atoms with Crippen LogP contribution in [0, 0.1) is 0 Å². The Morgan fingerprint density at radius 1 is 1.00 bits per heavy atom. The van der Waals surface area contributed by atoms with E-state index in [9.17, 15) is 4.79 Å². The molecule has 0 spiro atoms. The van der Waals surface area contributed by atoms with Gasteiger partial charge in [0.1, 0.15) is 0 Å². The lowest BCUT2D eigenvalue weighted by Gasteiger charge is -2.04. The first-order chi connectivity index (χ1) is 9.15. The number of carboxylic acids is 1. The Bertz CT molecular complexity index is 580. The molecular weight excluding hydrogens is 236 g/mol. The second kappa shape index (κ2) is 6.01. The van der Waals surface area contributed by atoms with Crippen molar-refractivity contribution < 1.29 is 9.90 Å². The van der Waals surface area contributed by atoms with E-state index in [4.69, 9.17) is 5.11 Å². The first-order valence-corrected chi connectivity index (χ1v) is 6.19. The van der Waals surface area contributed by atoms with Crippen molar-refractivity contribution in [1.29, 1.82) is 0 Å². The van der Waals surface area contributed by atoms with Gasteiger partial charge in [-0.1, -0.05) is 60.2 Å². The molecule has 0 fully saturated rings. The van der Waals surface area contributed by atoms with Crippen LogP contribution in [0.2, 0.25) is 0 Å². The van der Waals surface area contributed by atoms with Gasteiger partial charge in [0.25, 0.3) is 0 Å². The SMILES string of the molecule is C/C(=C\C(=O)O)Cc1ccc(-c2ccccc2)cc1. The van der Waals surface area contributed by atoms with E-state index in [2.05, 4.69) is 24.3 Å². The highest BCUT2D eigenvalue weighted by Crippen LogP contribution is 2.20. The summed E-state index contributed by atoms with van der Waals surface area (Å²) in [5.74, 6) is -0.890. The molecule has 19 heavy (non-hydrogen) atoms. The maximum atomic E-state index is 10.6. The molecule has 0 saturated carbocycles. The van der Waals surface area contributed by atoms with Gasteiger partial charge in [0.2, 0.25) is 0 Å². The molecule has 0 heterocycles. The van der Waals surface area contributed by atoms with Crippen molar-refractivity contribution in [2.45, 2.75) is 13.3 Å². The number of hydrogen-bond donors (Lipinski definition) is 1. The van der Waals surface area contributed by atoms with Crippen LogP contribution in [0.15, 0.2) is 66.2 Å². The fourth-order valence-electron chi connectivity index (χ4n) is 2.03. The van der Waals surface area contributed by atoms with Crippen molar-refractivity contribution in [2.75, 3.05) is 0 Å². The number of carbonyl (C=O) groups is 1. The molecular formula is C17H16O2. The highest BCUT2D eigenvalue weighted by Gasteiger charge is 2.00. The molecule has 2 aromatic carbocycles. The fraction of sp³-hybridized carbons (Fsp3) is 0.118. The summed E-state index contributed by atoms with van der Waals surface area (Å²) in [6.07, 6.45) is 1.92. The van der Waals surface area contributed by atoms with Gasteiger partial charge in [0.15, 0.2) is 0 Å². The van der Waals surface area contributed by atoms with Gasteiger partial charge in [-0.3, -0.25) is 0 Å². The number of hydrogen-bond acceptors (Lipinski definition) is 1. The van der Waals surface area contributed by atoms with Crippen molar-refractivity contribution in [3.8, 4) is 11.1 Å². The van der Waals surface area contributed by atoms with E-state index in [0.717, 1.165) is 11.1 Å². The molecule has 2 rings (SSSR count). The van der Waals surface area contributed by atoms with Crippen molar-refractivity contribution >= 4 is 5.97 Å². The Morgan fingerprint density at radius 2 is 1.58 bits per heavy atom. The summed E-state index contributed by atoms with van der Waals surface area (Å²) in [4.78, 5) is 10.6.